The highest BCUT2D eigenvalue weighted by Crippen LogP contribution is 2.38. The number of carbonyl (C=O) groups is 1. The molecule has 2 rings (SSSR count). The summed E-state index contributed by atoms with van der Waals surface area (Å²) in [5.74, 6) is 1.19. The van der Waals surface area contributed by atoms with Crippen LogP contribution in [0.5, 0.6) is 11.5 Å². The van der Waals surface area contributed by atoms with Crippen molar-refractivity contribution in [1.82, 2.24) is 5.32 Å². The zero-order valence-electron chi connectivity index (χ0n) is 11.0. The molecule has 7 heteroatoms. The molecule has 0 aliphatic carbocycles. The summed E-state index contributed by atoms with van der Waals surface area (Å²) in [6.45, 7) is 1.95. The molecule has 1 amide bonds. The average Bonchev–Trinajstić information content (AvgIpc) is 2.43. The van der Waals surface area contributed by atoms with Gasteiger partial charge in [0, 0.05) is 13.0 Å². The van der Waals surface area contributed by atoms with Crippen molar-refractivity contribution in [2.24, 2.45) is 5.73 Å². The molecular weight excluding hydrogens is 303 g/mol. The lowest BCUT2D eigenvalue weighted by Gasteiger charge is -2.20. The fraction of sp³-hybridized carbons (Fsp3) is 0.462. The van der Waals surface area contributed by atoms with E-state index in [4.69, 9.17) is 26.8 Å². The summed E-state index contributed by atoms with van der Waals surface area (Å²) >= 11 is 6.11. The predicted octanol–water partition coefficient (Wildman–Crippen LogP) is 1.89. The number of hydrogen-bond acceptors (Lipinski definition) is 4. The highest BCUT2D eigenvalue weighted by molar-refractivity contribution is 6.32. The van der Waals surface area contributed by atoms with Crippen LogP contribution in [0.25, 0.3) is 0 Å². The maximum absolute atomic E-state index is 11.5. The van der Waals surface area contributed by atoms with Gasteiger partial charge in [0.1, 0.15) is 13.2 Å². The lowest BCUT2D eigenvalue weighted by molar-refractivity contribution is -0.121. The largest absolute Gasteiger partial charge is 0.486 e. The van der Waals surface area contributed by atoms with Gasteiger partial charge in [0.25, 0.3) is 0 Å². The number of nitrogens with two attached hydrogens (primary N) is 1. The minimum Gasteiger partial charge on any atom is -0.486 e. The number of benzene rings is 1. The molecule has 3 N–H and O–H groups in total. The Balaban J connectivity index is 0.00000200. The molecule has 5 nitrogen and oxygen atoms in total. The van der Waals surface area contributed by atoms with E-state index in [-0.39, 0.29) is 18.3 Å². The van der Waals surface area contributed by atoms with Gasteiger partial charge in [-0.25, -0.2) is 0 Å². The quantitative estimate of drug-likeness (QED) is 0.868. The van der Waals surface area contributed by atoms with E-state index in [1.807, 2.05) is 6.07 Å². The maximum Gasteiger partial charge on any atom is 0.220 e. The third-order valence-electron chi connectivity index (χ3n) is 2.75. The van der Waals surface area contributed by atoms with Crippen molar-refractivity contribution >= 4 is 29.9 Å². The Labute approximate surface area is 129 Å². The van der Waals surface area contributed by atoms with Crippen molar-refractivity contribution in [2.45, 2.75) is 19.4 Å². The fourth-order valence-corrected chi connectivity index (χ4v) is 2.11. The number of nitrogens with one attached hydrogen (secondary N) is 1. The van der Waals surface area contributed by atoms with Gasteiger partial charge in [-0.1, -0.05) is 11.6 Å². The van der Waals surface area contributed by atoms with Gasteiger partial charge in [0.2, 0.25) is 5.91 Å². The Kier molecular flexibility index (Phi) is 6.91. The van der Waals surface area contributed by atoms with Gasteiger partial charge >= 0.3 is 0 Å². The van der Waals surface area contributed by atoms with Crippen LogP contribution in [0.3, 0.4) is 0 Å². The van der Waals surface area contributed by atoms with Gasteiger partial charge in [-0.15, -0.1) is 12.4 Å². The molecule has 112 valence electrons. The first-order chi connectivity index (χ1) is 9.20. The number of hydrogen-bond donors (Lipinski definition) is 2. The minimum absolute atomic E-state index is 0. The molecule has 1 aromatic rings. The summed E-state index contributed by atoms with van der Waals surface area (Å²) in [5.41, 5.74) is 6.24. The van der Waals surface area contributed by atoms with Crippen LogP contribution in [-0.2, 0) is 11.3 Å². The summed E-state index contributed by atoms with van der Waals surface area (Å²) in [7, 11) is 0. The van der Waals surface area contributed by atoms with Gasteiger partial charge in [-0.05, 0) is 30.7 Å². The molecule has 1 aliphatic rings. The second-order valence-corrected chi connectivity index (χ2v) is 4.68. The summed E-state index contributed by atoms with van der Waals surface area (Å²) < 4.78 is 10.9. The van der Waals surface area contributed by atoms with Crippen molar-refractivity contribution in [2.75, 3.05) is 19.8 Å². The van der Waals surface area contributed by atoms with Crippen LogP contribution in [0.2, 0.25) is 5.02 Å². The predicted molar refractivity (Wildman–Crippen MR) is 79.8 cm³/mol. The first kappa shape index (κ1) is 16.9. The van der Waals surface area contributed by atoms with Crippen LogP contribution in [0.1, 0.15) is 18.4 Å². The molecular formula is C13H18Cl2N2O3. The van der Waals surface area contributed by atoms with Crippen LogP contribution in [0, 0.1) is 0 Å². The standard InChI is InChI=1S/C13H17ClN2O3.ClH/c14-10-6-9(8-16-12(17)2-1-3-15)7-11-13(10)19-5-4-18-11;/h6-7H,1-5,8,15H2,(H,16,17);1H. The molecule has 0 saturated carbocycles. The number of carbonyl (C=O) groups excluding carboxylic acids is 1. The van der Waals surface area contributed by atoms with Crippen LogP contribution in [-0.4, -0.2) is 25.7 Å². The normalized spacial score (nSPS) is 12.5. The Hall–Kier alpha value is -1.17. The minimum atomic E-state index is -0.0172. The van der Waals surface area contributed by atoms with Crippen LogP contribution in [0.4, 0.5) is 0 Å². The van der Waals surface area contributed by atoms with Gasteiger partial charge in [-0.2, -0.15) is 0 Å². The lowest BCUT2D eigenvalue weighted by Crippen LogP contribution is -2.23. The third kappa shape index (κ3) is 4.44. The van der Waals surface area contributed by atoms with Crippen molar-refractivity contribution in [1.29, 1.82) is 0 Å². The molecule has 0 atom stereocenters. The van der Waals surface area contributed by atoms with Crippen LogP contribution in [0.15, 0.2) is 12.1 Å². The summed E-state index contributed by atoms with van der Waals surface area (Å²) in [6, 6.07) is 3.61. The van der Waals surface area contributed by atoms with E-state index < -0.39 is 0 Å². The van der Waals surface area contributed by atoms with Crippen LogP contribution >= 0.6 is 24.0 Å². The summed E-state index contributed by atoms with van der Waals surface area (Å²) in [4.78, 5) is 11.5. The SMILES string of the molecule is Cl.NCCCC(=O)NCc1cc(Cl)c2c(c1)OCCO2. The molecule has 0 fully saturated rings. The van der Waals surface area contributed by atoms with Crippen molar-refractivity contribution in [3.63, 3.8) is 0 Å². The second-order valence-electron chi connectivity index (χ2n) is 4.27. The van der Waals surface area contributed by atoms with E-state index in [2.05, 4.69) is 5.32 Å². The molecule has 20 heavy (non-hydrogen) atoms. The van der Waals surface area contributed by atoms with Gasteiger partial charge < -0.3 is 20.5 Å². The zero-order valence-corrected chi connectivity index (χ0v) is 12.6. The number of ether oxygens (including phenoxy) is 2. The molecule has 0 aromatic heterocycles. The molecule has 1 heterocycles. The van der Waals surface area contributed by atoms with E-state index in [0.717, 1.165) is 5.56 Å². The molecule has 0 unspecified atom stereocenters. The number of amides is 1. The van der Waals surface area contributed by atoms with E-state index in [1.54, 1.807) is 6.07 Å². The van der Waals surface area contributed by atoms with Gasteiger partial charge in [0.05, 0.1) is 5.02 Å². The van der Waals surface area contributed by atoms with Gasteiger partial charge in [-0.3, -0.25) is 4.79 Å². The Morgan fingerprint density at radius 1 is 1.35 bits per heavy atom. The topological polar surface area (TPSA) is 73.6 Å². The Bertz CT molecular complexity index is 469. The van der Waals surface area contributed by atoms with E-state index in [1.165, 1.54) is 0 Å². The van der Waals surface area contributed by atoms with Crippen LogP contribution < -0.4 is 20.5 Å². The number of fused-ring (bicyclic) bond motifs is 1. The number of halogens is 2. The average molecular weight is 321 g/mol. The highest BCUT2D eigenvalue weighted by atomic mass is 35.5. The highest BCUT2D eigenvalue weighted by Gasteiger charge is 2.16. The monoisotopic (exact) mass is 320 g/mol. The molecule has 1 aromatic carbocycles. The second kappa shape index (κ2) is 8.19. The van der Waals surface area contributed by atoms with E-state index in [0.29, 0.717) is 55.7 Å². The first-order valence-electron chi connectivity index (χ1n) is 6.25. The summed E-state index contributed by atoms with van der Waals surface area (Å²) in [5, 5.41) is 3.32. The molecule has 0 bridgehead atoms. The molecule has 0 saturated heterocycles. The third-order valence-corrected chi connectivity index (χ3v) is 3.04. The van der Waals surface area contributed by atoms with Gasteiger partial charge in [0.15, 0.2) is 11.5 Å². The lowest BCUT2D eigenvalue weighted by atomic mass is 10.2. The zero-order chi connectivity index (χ0) is 13.7. The molecule has 1 aliphatic heterocycles. The fourth-order valence-electron chi connectivity index (χ4n) is 1.82. The first-order valence-corrected chi connectivity index (χ1v) is 6.63. The molecule has 0 spiro atoms. The van der Waals surface area contributed by atoms with E-state index >= 15 is 0 Å². The smallest absolute Gasteiger partial charge is 0.220 e. The molecule has 0 radical (unpaired) electrons. The maximum atomic E-state index is 11.5. The summed E-state index contributed by atoms with van der Waals surface area (Å²) in [6.07, 6.45) is 1.13. The Morgan fingerprint density at radius 2 is 2.10 bits per heavy atom. The van der Waals surface area contributed by atoms with E-state index in [9.17, 15) is 4.79 Å². The Morgan fingerprint density at radius 3 is 2.85 bits per heavy atom. The van der Waals surface area contributed by atoms with Crippen molar-refractivity contribution < 1.29 is 14.3 Å². The van der Waals surface area contributed by atoms with Crippen molar-refractivity contribution in [3.8, 4) is 11.5 Å². The number of rotatable bonds is 5. The van der Waals surface area contributed by atoms with Crippen molar-refractivity contribution in [3.05, 3.63) is 22.7 Å².